The van der Waals surface area contributed by atoms with Gasteiger partial charge in [-0.1, -0.05) is 6.07 Å². The predicted octanol–water partition coefficient (Wildman–Crippen LogP) is 2.34. The number of rotatable bonds is 8. The van der Waals surface area contributed by atoms with E-state index in [2.05, 4.69) is 20.6 Å². The van der Waals surface area contributed by atoms with Crippen molar-refractivity contribution in [2.24, 2.45) is 0 Å². The van der Waals surface area contributed by atoms with Gasteiger partial charge in [-0.15, -0.1) is 0 Å². The van der Waals surface area contributed by atoms with Crippen molar-refractivity contribution in [2.75, 3.05) is 25.6 Å². The second kappa shape index (κ2) is 9.62. The van der Waals surface area contributed by atoms with Gasteiger partial charge in [-0.2, -0.15) is 5.26 Å². The number of anilines is 1. The zero-order valence-corrected chi connectivity index (χ0v) is 16.8. The van der Waals surface area contributed by atoms with Crippen molar-refractivity contribution in [1.82, 2.24) is 19.9 Å². The minimum absolute atomic E-state index is 0.236. The SMILES string of the molecule is CCNC(=O)c1cnc2c(c1)nc(NC(=O)c1cccc(C#N)c1)n2CCCOC. The Labute approximate surface area is 173 Å². The van der Waals surface area contributed by atoms with Crippen LogP contribution in [0.1, 0.15) is 39.6 Å². The molecule has 0 radical (unpaired) electrons. The monoisotopic (exact) mass is 406 g/mol. The van der Waals surface area contributed by atoms with Gasteiger partial charge in [0.15, 0.2) is 5.65 Å². The zero-order chi connectivity index (χ0) is 21.5. The number of carbonyl (C=O) groups is 2. The summed E-state index contributed by atoms with van der Waals surface area (Å²) in [4.78, 5) is 33.7. The van der Waals surface area contributed by atoms with E-state index in [1.165, 1.54) is 12.3 Å². The Morgan fingerprint density at radius 3 is 2.80 bits per heavy atom. The number of methoxy groups -OCH3 is 1. The lowest BCUT2D eigenvalue weighted by atomic mass is 10.1. The molecule has 1 aromatic carbocycles. The van der Waals surface area contributed by atoms with Crippen LogP contribution in [-0.4, -0.2) is 46.6 Å². The van der Waals surface area contributed by atoms with E-state index >= 15 is 0 Å². The summed E-state index contributed by atoms with van der Waals surface area (Å²) < 4.78 is 6.90. The number of ether oxygens (including phenoxy) is 1. The Hall–Kier alpha value is -3.77. The second-order valence-electron chi connectivity index (χ2n) is 6.51. The fourth-order valence-corrected chi connectivity index (χ4v) is 2.98. The molecule has 30 heavy (non-hydrogen) atoms. The highest BCUT2D eigenvalue weighted by Crippen LogP contribution is 2.20. The molecular formula is C21H22N6O3. The maximum atomic E-state index is 12.7. The van der Waals surface area contributed by atoms with Crippen molar-refractivity contribution < 1.29 is 14.3 Å². The molecule has 2 amide bonds. The maximum absolute atomic E-state index is 12.7. The van der Waals surface area contributed by atoms with Gasteiger partial charge in [0.2, 0.25) is 5.95 Å². The van der Waals surface area contributed by atoms with Gasteiger partial charge in [-0.05, 0) is 37.6 Å². The van der Waals surface area contributed by atoms with Gasteiger partial charge in [-0.25, -0.2) is 9.97 Å². The van der Waals surface area contributed by atoms with Gasteiger partial charge in [0.1, 0.15) is 5.52 Å². The van der Waals surface area contributed by atoms with E-state index in [9.17, 15) is 9.59 Å². The number of aryl methyl sites for hydroxylation is 1. The molecule has 0 atom stereocenters. The van der Waals surface area contributed by atoms with E-state index in [4.69, 9.17) is 10.00 Å². The van der Waals surface area contributed by atoms with E-state index in [1.807, 2.05) is 13.0 Å². The average molecular weight is 406 g/mol. The summed E-state index contributed by atoms with van der Waals surface area (Å²) in [5, 5.41) is 14.6. The minimum atomic E-state index is -0.389. The molecule has 0 aliphatic rings. The Morgan fingerprint density at radius 2 is 2.07 bits per heavy atom. The Bertz CT molecular complexity index is 1120. The minimum Gasteiger partial charge on any atom is -0.385 e. The van der Waals surface area contributed by atoms with E-state index in [0.717, 1.165) is 0 Å². The average Bonchev–Trinajstić information content (AvgIpc) is 3.10. The first-order valence-electron chi connectivity index (χ1n) is 9.52. The molecule has 0 fully saturated rings. The van der Waals surface area contributed by atoms with E-state index in [1.54, 1.807) is 35.9 Å². The first-order chi connectivity index (χ1) is 14.6. The number of hydrogen-bond donors (Lipinski definition) is 2. The van der Waals surface area contributed by atoms with Gasteiger partial charge >= 0.3 is 0 Å². The van der Waals surface area contributed by atoms with Crippen LogP contribution in [-0.2, 0) is 11.3 Å². The number of nitrogens with zero attached hydrogens (tertiary/aromatic N) is 4. The molecule has 0 bridgehead atoms. The summed E-state index contributed by atoms with van der Waals surface area (Å²) in [5.41, 5.74) is 2.19. The van der Waals surface area contributed by atoms with Crippen molar-refractivity contribution in [1.29, 1.82) is 5.26 Å². The fraction of sp³-hybridized carbons (Fsp3) is 0.286. The highest BCUT2D eigenvalue weighted by molar-refractivity contribution is 6.04. The lowest BCUT2D eigenvalue weighted by molar-refractivity contribution is 0.0954. The highest BCUT2D eigenvalue weighted by atomic mass is 16.5. The van der Waals surface area contributed by atoms with Crippen molar-refractivity contribution >= 4 is 28.9 Å². The molecular weight excluding hydrogens is 384 g/mol. The van der Waals surface area contributed by atoms with Crippen LogP contribution in [0.4, 0.5) is 5.95 Å². The Balaban J connectivity index is 1.96. The normalized spacial score (nSPS) is 10.6. The van der Waals surface area contributed by atoms with Crippen LogP contribution in [0.5, 0.6) is 0 Å². The van der Waals surface area contributed by atoms with Crippen LogP contribution < -0.4 is 10.6 Å². The first-order valence-corrected chi connectivity index (χ1v) is 9.52. The van der Waals surface area contributed by atoms with Crippen molar-refractivity contribution in [2.45, 2.75) is 19.9 Å². The molecule has 0 aliphatic heterocycles. The first kappa shape index (κ1) is 21.0. The van der Waals surface area contributed by atoms with Crippen LogP contribution in [0.15, 0.2) is 36.5 Å². The third-order valence-electron chi connectivity index (χ3n) is 4.39. The largest absolute Gasteiger partial charge is 0.385 e. The molecule has 0 saturated heterocycles. The number of fused-ring (bicyclic) bond motifs is 1. The van der Waals surface area contributed by atoms with Crippen LogP contribution in [0.2, 0.25) is 0 Å². The molecule has 0 saturated carbocycles. The third-order valence-corrected chi connectivity index (χ3v) is 4.39. The molecule has 3 aromatic rings. The Morgan fingerprint density at radius 1 is 1.23 bits per heavy atom. The lowest BCUT2D eigenvalue weighted by Crippen LogP contribution is -2.22. The summed E-state index contributed by atoms with van der Waals surface area (Å²) in [6, 6.07) is 10.1. The smallest absolute Gasteiger partial charge is 0.258 e. The van der Waals surface area contributed by atoms with Crippen LogP contribution >= 0.6 is 0 Å². The van der Waals surface area contributed by atoms with Gasteiger partial charge < -0.3 is 10.1 Å². The summed E-state index contributed by atoms with van der Waals surface area (Å²) in [6.45, 7) is 3.40. The maximum Gasteiger partial charge on any atom is 0.258 e. The molecule has 0 unspecified atom stereocenters. The van der Waals surface area contributed by atoms with Gasteiger partial charge in [0, 0.05) is 38.6 Å². The summed E-state index contributed by atoms with van der Waals surface area (Å²) in [6.07, 6.45) is 2.18. The van der Waals surface area contributed by atoms with Crippen molar-refractivity contribution in [3.63, 3.8) is 0 Å². The molecule has 2 aromatic heterocycles. The third kappa shape index (κ3) is 4.61. The number of pyridine rings is 1. The number of carbonyl (C=O) groups excluding carboxylic acids is 2. The number of imidazole rings is 1. The predicted molar refractivity (Wildman–Crippen MR) is 111 cm³/mol. The molecule has 154 valence electrons. The number of nitrogens with one attached hydrogen (secondary N) is 2. The number of benzene rings is 1. The molecule has 9 heteroatoms. The molecule has 3 rings (SSSR count). The fourth-order valence-electron chi connectivity index (χ4n) is 2.98. The van der Waals surface area contributed by atoms with Crippen LogP contribution in [0, 0.1) is 11.3 Å². The number of hydrogen-bond acceptors (Lipinski definition) is 6. The zero-order valence-electron chi connectivity index (χ0n) is 16.8. The van der Waals surface area contributed by atoms with Crippen LogP contribution in [0.3, 0.4) is 0 Å². The molecule has 2 N–H and O–H groups in total. The number of amides is 2. The summed E-state index contributed by atoms with van der Waals surface area (Å²) in [5.74, 6) is -0.312. The van der Waals surface area contributed by atoms with Gasteiger partial charge in [0.05, 0.1) is 17.2 Å². The van der Waals surface area contributed by atoms with Gasteiger partial charge in [0.25, 0.3) is 11.8 Å². The van der Waals surface area contributed by atoms with Crippen LogP contribution in [0.25, 0.3) is 11.2 Å². The molecule has 0 aliphatic carbocycles. The highest BCUT2D eigenvalue weighted by Gasteiger charge is 2.17. The number of aromatic nitrogens is 3. The van der Waals surface area contributed by atoms with E-state index in [0.29, 0.717) is 59.9 Å². The summed E-state index contributed by atoms with van der Waals surface area (Å²) >= 11 is 0. The molecule has 9 nitrogen and oxygen atoms in total. The standard InChI is InChI=1S/C21H22N6O3/c1-3-23-19(28)16-11-17-18(24-13-16)27(8-5-9-30-2)21(25-17)26-20(29)15-7-4-6-14(10-15)12-22/h4,6-7,10-11,13H,3,5,8-9H2,1-2H3,(H,23,28)(H,25,26,29). The Kier molecular flexibility index (Phi) is 6.72. The topological polar surface area (TPSA) is 122 Å². The van der Waals surface area contributed by atoms with E-state index < -0.39 is 0 Å². The van der Waals surface area contributed by atoms with Gasteiger partial charge in [-0.3, -0.25) is 19.5 Å². The second-order valence-corrected chi connectivity index (χ2v) is 6.51. The van der Waals surface area contributed by atoms with Crippen molar-refractivity contribution in [3.8, 4) is 6.07 Å². The van der Waals surface area contributed by atoms with Crippen molar-refractivity contribution in [3.05, 3.63) is 53.2 Å². The number of nitriles is 1. The lowest BCUT2D eigenvalue weighted by Gasteiger charge is -2.09. The molecule has 2 heterocycles. The molecule has 0 spiro atoms. The van der Waals surface area contributed by atoms with E-state index in [-0.39, 0.29) is 11.8 Å². The quantitative estimate of drug-likeness (QED) is 0.554. The summed E-state index contributed by atoms with van der Waals surface area (Å²) in [7, 11) is 1.62.